The molecule has 1 aromatic rings. The van der Waals surface area contributed by atoms with Gasteiger partial charge in [-0.15, -0.1) is 0 Å². The van der Waals surface area contributed by atoms with Crippen molar-refractivity contribution in [3.8, 4) is 5.75 Å². The van der Waals surface area contributed by atoms with E-state index in [2.05, 4.69) is 36.9 Å². The number of hydrogen-bond acceptors (Lipinski definition) is 3. The Morgan fingerprint density at radius 3 is 2.95 bits per heavy atom. The van der Waals surface area contributed by atoms with E-state index < -0.39 is 0 Å². The van der Waals surface area contributed by atoms with Crippen molar-refractivity contribution in [3.05, 3.63) is 29.3 Å². The Morgan fingerprint density at radius 1 is 1.25 bits per heavy atom. The Kier molecular flexibility index (Phi) is 4.27. The van der Waals surface area contributed by atoms with Gasteiger partial charge in [-0.1, -0.05) is 19.9 Å². The van der Waals surface area contributed by atoms with Crippen LogP contribution in [0.2, 0.25) is 0 Å². The van der Waals surface area contributed by atoms with Crippen molar-refractivity contribution in [2.24, 2.45) is 0 Å². The molecule has 3 heteroatoms. The summed E-state index contributed by atoms with van der Waals surface area (Å²) >= 11 is 0. The molecule has 0 spiro atoms. The highest BCUT2D eigenvalue weighted by Gasteiger charge is 2.36. The zero-order chi connectivity index (χ0) is 13.9. The molecule has 110 valence electrons. The van der Waals surface area contributed by atoms with E-state index in [1.165, 1.54) is 17.5 Å². The molecule has 0 N–H and O–H groups in total. The highest BCUT2D eigenvalue weighted by atomic mass is 16.5. The van der Waals surface area contributed by atoms with Crippen molar-refractivity contribution >= 4 is 0 Å². The minimum atomic E-state index is 0.180. The SMILES string of the molecule is CCCN1CCOC2c3cc(CC)ccc3OCCC21. The molecule has 2 aliphatic heterocycles. The van der Waals surface area contributed by atoms with Gasteiger partial charge >= 0.3 is 0 Å². The molecular formula is C17H25NO2. The van der Waals surface area contributed by atoms with Gasteiger partial charge in [0.05, 0.1) is 13.2 Å². The monoisotopic (exact) mass is 275 g/mol. The van der Waals surface area contributed by atoms with Gasteiger partial charge in [-0.25, -0.2) is 0 Å². The van der Waals surface area contributed by atoms with Crippen molar-refractivity contribution in [1.82, 2.24) is 4.90 Å². The standard InChI is InChI=1S/C17H25NO2/c1-3-8-18-9-11-20-17-14-12-13(4-2)5-6-16(14)19-10-7-15(17)18/h5-6,12,15,17H,3-4,7-11H2,1-2H3. The molecule has 2 aliphatic rings. The normalized spacial score (nSPS) is 26.3. The first kappa shape index (κ1) is 13.9. The van der Waals surface area contributed by atoms with Gasteiger partial charge in [-0.3, -0.25) is 4.90 Å². The number of benzene rings is 1. The molecule has 1 aromatic carbocycles. The predicted molar refractivity (Wildman–Crippen MR) is 80.3 cm³/mol. The summed E-state index contributed by atoms with van der Waals surface area (Å²) in [5.41, 5.74) is 2.62. The average molecular weight is 275 g/mol. The second-order valence-electron chi connectivity index (χ2n) is 5.76. The van der Waals surface area contributed by atoms with E-state index in [9.17, 15) is 0 Å². The molecule has 0 saturated carbocycles. The van der Waals surface area contributed by atoms with E-state index in [4.69, 9.17) is 9.47 Å². The van der Waals surface area contributed by atoms with Gasteiger partial charge in [0.1, 0.15) is 11.9 Å². The van der Waals surface area contributed by atoms with E-state index in [1.54, 1.807) is 0 Å². The molecule has 1 saturated heterocycles. The summed E-state index contributed by atoms with van der Waals surface area (Å²) in [5.74, 6) is 1.02. The Bertz CT molecular complexity index is 458. The molecule has 0 aliphatic carbocycles. The van der Waals surface area contributed by atoms with Crippen LogP contribution in [-0.4, -0.2) is 37.2 Å². The van der Waals surface area contributed by atoms with E-state index >= 15 is 0 Å². The lowest BCUT2D eigenvalue weighted by atomic mass is 9.95. The minimum absolute atomic E-state index is 0.180. The topological polar surface area (TPSA) is 21.7 Å². The summed E-state index contributed by atoms with van der Waals surface area (Å²) in [6.45, 7) is 8.29. The number of ether oxygens (including phenoxy) is 2. The molecular weight excluding hydrogens is 250 g/mol. The largest absolute Gasteiger partial charge is 0.493 e. The van der Waals surface area contributed by atoms with Crippen LogP contribution in [0.4, 0.5) is 0 Å². The molecule has 3 rings (SSSR count). The number of aryl methyl sites for hydroxylation is 1. The van der Waals surface area contributed by atoms with E-state index in [-0.39, 0.29) is 6.10 Å². The third kappa shape index (κ3) is 2.57. The lowest BCUT2D eigenvalue weighted by Gasteiger charge is -2.40. The lowest BCUT2D eigenvalue weighted by Crippen LogP contribution is -2.47. The van der Waals surface area contributed by atoms with Gasteiger partial charge in [0.15, 0.2) is 0 Å². The van der Waals surface area contributed by atoms with Gasteiger partial charge in [-0.2, -0.15) is 0 Å². The van der Waals surface area contributed by atoms with Crippen LogP contribution in [0.15, 0.2) is 18.2 Å². The molecule has 0 amide bonds. The molecule has 2 heterocycles. The minimum Gasteiger partial charge on any atom is -0.493 e. The van der Waals surface area contributed by atoms with E-state index in [0.717, 1.165) is 44.9 Å². The van der Waals surface area contributed by atoms with Crippen LogP contribution in [-0.2, 0) is 11.2 Å². The maximum atomic E-state index is 6.14. The number of rotatable bonds is 3. The molecule has 20 heavy (non-hydrogen) atoms. The predicted octanol–water partition coefficient (Wildman–Crippen LogP) is 3.18. The quantitative estimate of drug-likeness (QED) is 0.845. The number of fused-ring (bicyclic) bond motifs is 3. The molecule has 3 nitrogen and oxygen atoms in total. The smallest absolute Gasteiger partial charge is 0.125 e. The Labute approximate surface area is 121 Å². The first-order valence-electron chi connectivity index (χ1n) is 7.94. The molecule has 0 radical (unpaired) electrons. The van der Waals surface area contributed by atoms with Gasteiger partial charge in [0.2, 0.25) is 0 Å². The highest BCUT2D eigenvalue weighted by molar-refractivity contribution is 5.40. The van der Waals surface area contributed by atoms with Crippen LogP contribution in [0, 0.1) is 0 Å². The van der Waals surface area contributed by atoms with Crippen LogP contribution in [0.25, 0.3) is 0 Å². The summed E-state index contributed by atoms with van der Waals surface area (Å²) in [7, 11) is 0. The fourth-order valence-corrected chi connectivity index (χ4v) is 3.42. The second kappa shape index (κ2) is 6.15. The molecule has 0 aromatic heterocycles. The fourth-order valence-electron chi connectivity index (χ4n) is 3.42. The third-order valence-corrected chi connectivity index (χ3v) is 4.47. The average Bonchev–Trinajstić information content (AvgIpc) is 2.67. The first-order valence-corrected chi connectivity index (χ1v) is 7.94. The van der Waals surface area contributed by atoms with Gasteiger partial charge < -0.3 is 9.47 Å². The molecule has 1 fully saturated rings. The molecule has 0 bridgehead atoms. The van der Waals surface area contributed by atoms with Crippen molar-refractivity contribution in [3.63, 3.8) is 0 Å². The second-order valence-corrected chi connectivity index (χ2v) is 5.76. The summed E-state index contributed by atoms with van der Waals surface area (Å²) in [5, 5.41) is 0. The first-order chi connectivity index (χ1) is 9.83. The zero-order valence-electron chi connectivity index (χ0n) is 12.6. The highest BCUT2D eigenvalue weighted by Crippen LogP contribution is 2.38. The summed E-state index contributed by atoms with van der Waals surface area (Å²) in [4.78, 5) is 2.59. The van der Waals surface area contributed by atoms with Gasteiger partial charge in [0, 0.05) is 18.2 Å². The van der Waals surface area contributed by atoms with E-state index in [1.807, 2.05) is 0 Å². The van der Waals surface area contributed by atoms with Gasteiger partial charge in [-0.05, 0) is 43.5 Å². The Hall–Kier alpha value is -1.06. The van der Waals surface area contributed by atoms with Crippen LogP contribution in [0.1, 0.15) is 43.9 Å². The van der Waals surface area contributed by atoms with Crippen molar-refractivity contribution in [1.29, 1.82) is 0 Å². The van der Waals surface area contributed by atoms with Crippen LogP contribution in [0.5, 0.6) is 5.75 Å². The van der Waals surface area contributed by atoms with Crippen LogP contribution >= 0.6 is 0 Å². The molecule has 2 atom stereocenters. The van der Waals surface area contributed by atoms with Crippen LogP contribution < -0.4 is 4.74 Å². The number of hydrogen-bond donors (Lipinski definition) is 0. The van der Waals surface area contributed by atoms with Gasteiger partial charge in [0.25, 0.3) is 0 Å². The summed E-state index contributed by atoms with van der Waals surface area (Å²) in [6, 6.07) is 7.05. The van der Waals surface area contributed by atoms with E-state index in [0.29, 0.717) is 6.04 Å². The molecule has 2 unspecified atom stereocenters. The Morgan fingerprint density at radius 2 is 2.15 bits per heavy atom. The maximum absolute atomic E-state index is 6.14. The number of morpholine rings is 1. The Balaban J connectivity index is 1.94. The summed E-state index contributed by atoms with van der Waals surface area (Å²) in [6.07, 6.45) is 3.50. The maximum Gasteiger partial charge on any atom is 0.125 e. The van der Waals surface area contributed by atoms with Crippen molar-refractivity contribution in [2.75, 3.05) is 26.3 Å². The number of nitrogens with zero attached hydrogens (tertiary/aromatic N) is 1. The fraction of sp³-hybridized carbons (Fsp3) is 0.647. The summed E-state index contributed by atoms with van der Waals surface area (Å²) < 4.78 is 12.1. The third-order valence-electron chi connectivity index (χ3n) is 4.47. The van der Waals surface area contributed by atoms with Crippen LogP contribution in [0.3, 0.4) is 0 Å². The van der Waals surface area contributed by atoms with Crippen molar-refractivity contribution < 1.29 is 9.47 Å². The zero-order valence-corrected chi connectivity index (χ0v) is 12.6. The lowest BCUT2D eigenvalue weighted by molar-refractivity contribution is -0.0742. The van der Waals surface area contributed by atoms with Crippen molar-refractivity contribution in [2.45, 2.75) is 45.3 Å².